The first-order valence-electron chi connectivity index (χ1n) is 47.2. The molecule has 692 valence electrons. The number of aryl methyl sites for hydroxylation is 3. The maximum atomic E-state index is 13.9. The monoisotopic (exact) mass is 1800 g/mol. The first-order valence-corrected chi connectivity index (χ1v) is 47.2. The van der Waals surface area contributed by atoms with Gasteiger partial charge in [0, 0.05) is 179 Å². The third kappa shape index (κ3) is 18.8. The van der Waals surface area contributed by atoms with Gasteiger partial charge in [0.05, 0.1) is 113 Å². The smallest absolute Gasteiger partial charge is 0.318 e. The molecule has 1 N–H and O–H groups in total. The molecular weight excluding hydrogens is 1680 g/mol. The van der Waals surface area contributed by atoms with Crippen LogP contribution < -0.4 is 43.6 Å². The molecule has 30 nitrogen and oxygen atoms in total. The average molecular weight is 1800 g/mol. The van der Waals surface area contributed by atoms with E-state index in [4.69, 9.17) is 53.6 Å². The van der Waals surface area contributed by atoms with Crippen molar-refractivity contribution in [3.8, 4) is 36.2 Å². The average Bonchev–Trinajstić information content (AvgIpc) is 1.64. The zero-order valence-electron chi connectivity index (χ0n) is 77.8. The molecule has 9 aromatic rings. The number of aromatic nitrogens is 6. The number of carbonyl (C=O) groups excluding carboxylic acids is 3. The van der Waals surface area contributed by atoms with Crippen molar-refractivity contribution in [2.75, 3.05) is 196 Å². The lowest BCUT2D eigenvalue weighted by molar-refractivity contribution is -0.133. The zero-order chi connectivity index (χ0) is 92.2. The standard InChI is InChI=1S/C103H121N21O9/c1-66-17-10-20-70-21-13-25-89(94(66)70)116-40-33-83-86(60-116)108-102(111-97(83)119-43-46-122(75(57-119)30-36-104)92(126)26-15-49-125)132-64-79-52-73(55-114(79)6)72-51-71-22-11-18-67(2)95(71)91(54-72)118-42-35-85-88(62-118)109-103(112-98(85)120-44-47-123(76(58-120)31-37-105)93(127)27-16-50-129-8)133-65-80-53-74(56-115(80)7)81-28-29-90(96-68(3)19-12-24-82(81)96)117-41-34-84-87(61-117)107-101(131-63-78-23-14-39-113(78)5)110-99(84)121-45-48-124(77(59-121)32-38-106)100(128)69(4)130-9/h10-13,15-22,24-29,51,54,73-80,125H,4,14,23,30-35,39-50,52-53,55-65H2,1-3,5-9H3/b26-15+,27-16+/t73?,74?,75-,76-,77-,78-,79-,80-/m0/s1. The second-order valence-electron chi connectivity index (χ2n) is 37.4. The summed E-state index contributed by atoms with van der Waals surface area (Å²) >= 11 is 0. The first-order chi connectivity index (χ1) is 64.7. The van der Waals surface area contributed by atoms with E-state index in [9.17, 15) is 35.3 Å². The topological polar surface area (TPSA) is 305 Å². The van der Waals surface area contributed by atoms with Gasteiger partial charge in [0.2, 0.25) is 11.8 Å². The molecule has 9 aliphatic heterocycles. The Hall–Kier alpha value is -12.8. The van der Waals surface area contributed by atoms with E-state index in [0.717, 1.165) is 126 Å². The predicted octanol–water partition coefficient (Wildman–Crippen LogP) is 11.0. The number of nitrogens with zero attached hydrogens (tertiary/aromatic N) is 21. The van der Waals surface area contributed by atoms with Gasteiger partial charge in [-0.25, -0.2) is 0 Å². The van der Waals surface area contributed by atoms with Crippen LogP contribution in [0.3, 0.4) is 0 Å². The van der Waals surface area contributed by atoms with Crippen LogP contribution in [-0.4, -0.2) is 285 Å². The van der Waals surface area contributed by atoms with Gasteiger partial charge >= 0.3 is 18.0 Å². The highest BCUT2D eigenvalue weighted by atomic mass is 16.5. The Balaban J connectivity index is 0.604. The van der Waals surface area contributed by atoms with Crippen LogP contribution in [0, 0.1) is 54.8 Å². The van der Waals surface area contributed by atoms with Gasteiger partial charge in [0.15, 0.2) is 5.76 Å². The van der Waals surface area contributed by atoms with Gasteiger partial charge in [-0.2, -0.15) is 45.7 Å². The number of hydrogen-bond acceptors (Lipinski definition) is 27. The van der Waals surface area contributed by atoms with Crippen LogP contribution in [0.5, 0.6) is 18.0 Å². The van der Waals surface area contributed by atoms with Gasteiger partial charge in [0.25, 0.3) is 5.91 Å². The van der Waals surface area contributed by atoms with Crippen molar-refractivity contribution in [1.29, 1.82) is 15.8 Å². The van der Waals surface area contributed by atoms with Crippen molar-refractivity contribution < 1.29 is 43.2 Å². The van der Waals surface area contributed by atoms with E-state index in [-0.39, 0.29) is 79.3 Å². The number of aliphatic hydroxyl groups excluding tert-OH is 1. The Morgan fingerprint density at radius 2 is 0.932 bits per heavy atom. The Labute approximate surface area is 778 Å². The molecule has 12 heterocycles. The number of fused-ring (bicyclic) bond motifs is 6. The van der Waals surface area contributed by atoms with Gasteiger partial charge < -0.3 is 77.8 Å². The van der Waals surface area contributed by atoms with Crippen molar-refractivity contribution in [2.45, 2.75) is 153 Å². The Bertz CT molecular complexity index is 6100. The quantitative estimate of drug-likeness (QED) is 0.0369. The number of ether oxygens (including phenoxy) is 5. The predicted molar refractivity (Wildman–Crippen MR) is 513 cm³/mol. The lowest BCUT2D eigenvalue weighted by Crippen LogP contribution is -2.56. The molecule has 6 fully saturated rings. The highest BCUT2D eigenvalue weighted by Gasteiger charge is 2.42. The third-order valence-electron chi connectivity index (χ3n) is 29.3. The lowest BCUT2D eigenvalue weighted by Gasteiger charge is -2.42. The Kier molecular flexibility index (Phi) is 27.3. The number of rotatable bonds is 27. The fourth-order valence-corrected chi connectivity index (χ4v) is 22.2. The molecule has 6 aromatic carbocycles. The fourth-order valence-electron chi connectivity index (χ4n) is 22.2. The fraction of sp³-hybridized carbons (Fsp3) is 0.476. The van der Waals surface area contributed by atoms with E-state index in [1.807, 2.05) is 4.90 Å². The van der Waals surface area contributed by atoms with Gasteiger partial charge in [-0.1, -0.05) is 97.6 Å². The molecule has 2 unspecified atom stereocenters. The summed E-state index contributed by atoms with van der Waals surface area (Å²) in [5.41, 5.74) is 15.3. The Morgan fingerprint density at radius 1 is 0.474 bits per heavy atom. The largest absolute Gasteiger partial charge is 0.492 e. The Morgan fingerprint density at radius 3 is 1.44 bits per heavy atom. The van der Waals surface area contributed by atoms with Crippen LogP contribution in [0.1, 0.15) is 118 Å². The lowest BCUT2D eigenvalue weighted by atomic mass is 9.89. The van der Waals surface area contributed by atoms with Gasteiger partial charge in [-0.3, -0.25) is 24.2 Å². The minimum absolute atomic E-state index is 0.00985. The molecule has 0 radical (unpaired) electrons. The molecule has 133 heavy (non-hydrogen) atoms. The summed E-state index contributed by atoms with van der Waals surface area (Å²) in [6, 6.07) is 42.7. The molecule has 0 bridgehead atoms. The molecule has 3 aromatic heterocycles. The van der Waals surface area contributed by atoms with Crippen LogP contribution in [-0.2, 0) is 62.8 Å². The summed E-state index contributed by atoms with van der Waals surface area (Å²) in [5, 5.41) is 47.3. The summed E-state index contributed by atoms with van der Waals surface area (Å²) < 4.78 is 31.1. The summed E-state index contributed by atoms with van der Waals surface area (Å²) in [6.07, 6.45) is 12.3. The first kappa shape index (κ1) is 90.8. The van der Waals surface area contributed by atoms with E-state index in [2.05, 4.69) is 208 Å². The number of carbonyl (C=O) groups is 3. The second-order valence-corrected chi connectivity index (χ2v) is 37.4. The number of anilines is 6. The summed E-state index contributed by atoms with van der Waals surface area (Å²) in [7, 11) is 9.54. The van der Waals surface area contributed by atoms with Crippen molar-refractivity contribution in [3.63, 3.8) is 0 Å². The summed E-state index contributed by atoms with van der Waals surface area (Å²) in [5.74, 6) is 2.00. The maximum absolute atomic E-state index is 13.9. The molecule has 8 atom stereocenters. The van der Waals surface area contributed by atoms with E-state index in [1.165, 1.54) is 74.0 Å². The normalized spacial score (nSPS) is 22.0. The molecule has 9 aliphatic rings. The molecule has 30 heteroatoms. The van der Waals surface area contributed by atoms with Crippen molar-refractivity contribution in [3.05, 3.63) is 195 Å². The number of likely N-dealkylation sites (tertiary alicyclic amines) is 3. The van der Waals surface area contributed by atoms with Crippen molar-refractivity contribution >= 4 is 84.6 Å². The number of likely N-dealkylation sites (N-methyl/N-ethyl adjacent to an activating group) is 3. The van der Waals surface area contributed by atoms with E-state index >= 15 is 0 Å². The van der Waals surface area contributed by atoms with Crippen LogP contribution in [0.2, 0.25) is 0 Å². The second kappa shape index (κ2) is 40.0. The van der Waals surface area contributed by atoms with Crippen LogP contribution in [0.4, 0.5) is 34.5 Å². The summed E-state index contributed by atoms with van der Waals surface area (Å²) in [6.45, 7) is 21.8. The van der Waals surface area contributed by atoms with Gasteiger partial charge in [-0.15, -0.1) is 0 Å². The van der Waals surface area contributed by atoms with E-state index in [1.54, 1.807) is 29.1 Å². The third-order valence-corrected chi connectivity index (χ3v) is 29.3. The van der Waals surface area contributed by atoms with Crippen molar-refractivity contribution in [1.82, 2.24) is 59.3 Å². The minimum Gasteiger partial charge on any atom is -0.492 e. The highest BCUT2D eigenvalue weighted by molar-refractivity contribution is 6.01. The number of nitriles is 3. The molecule has 3 amide bonds. The molecule has 0 spiro atoms. The highest BCUT2D eigenvalue weighted by Crippen LogP contribution is 2.46. The van der Waals surface area contributed by atoms with Crippen LogP contribution in [0.15, 0.2) is 134 Å². The van der Waals surface area contributed by atoms with Crippen LogP contribution >= 0.6 is 0 Å². The molecular formula is C103H121N21O9. The zero-order valence-corrected chi connectivity index (χ0v) is 77.8. The SMILES string of the molecule is C=C(OC)C(=O)N1CCN(c2nc(OC[C@@H]3CCCN3C)nc3c2CCN(c2ccc(C4C[C@@H](COc5nc6c(c(N7CCN(C(=O)/C=C/COC)[C@@H](CC#N)C7)n5)CCN(c5cc(C7C[C@@H](COc8nc9c(c(N%10CCN(C(=O)/C=C/CO)[C@@H](CC#N)C%10)n8)CCN(c8cccc%10cccc(C)c8%10)C9)N(C)C7)cc7cccc(C)c57)C6)N(C)C4)c4cccc(C)c24)C3)C[C@@H]1CC#N. The number of hydrogen-bond donors (Lipinski definition) is 1. The molecule has 0 saturated carbocycles. The number of piperazine rings is 3. The van der Waals surface area contributed by atoms with Gasteiger partial charge in [0.1, 0.15) is 37.3 Å². The molecule has 0 aliphatic carbocycles. The number of methoxy groups -OCH3 is 2. The molecule has 18 rings (SSSR count). The van der Waals surface area contributed by atoms with Crippen molar-refractivity contribution in [2.24, 2.45) is 0 Å². The van der Waals surface area contributed by atoms with Gasteiger partial charge in [-0.05, 0) is 167 Å². The number of aliphatic hydroxyl groups is 1. The minimum atomic E-state index is -0.402. The van der Waals surface area contributed by atoms with E-state index in [0.29, 0.717) is 155 Å². The van der Waals surface area contributed by atoms with Crippen LogP contribution in [0.25, 0.3) is 32.3 Å². The number of amides is 3. The maximum Gasteiger partial charge on any atom is 0.318 e. The summed E-state index contributed by atoms with van der Waals surface area (Å²) in [4.78, 5) is 99.2. The molecule has 6 saturated heterocycles. The number of benzene rings is 6. The van der Waals surface area contributed by atoms with E-state index < -0.39 is 18.1 Å².